The van der Waals surface area contributed by atoms with Gasteiger partial charge in [0.05, 0.1) is 4.92 Å². The molecule has 0 bridgehead atoms. The van der Waals surface area contributed by atoms with E-state index in [1.54, 1.807) is 0 Å². The lowest BCUT2D eigenvalue weighted by Gasteiger charge is -2.21. The van der Waals surface area contributed by atoms with Crippen molar-refractivity contribution in [3.63, 3.8) is 0 Å². The fourth-order valence-electron chi connectivity index (χ4n) is 2.12. The van der Waals surface area contributed by atoms with E-state index in [1.807, 2.05) is 0 Å². The molecule has 1 aromatic carbocycles. The molecule has 0 aromatic heterocycles. The van der Waals surface area contributed by atoms with E-state index in [0.29, 0.717) is 6.54 Å². The first-order valence-electron chi connectivity index (χ1n) is 5.78. The van der Waals surface area contributed by atoms with Crippen molar-refractivity contribution in [3.05, 3.63) is 39.7 Å². The molecule has 96 valence electrons. The van der Waals surface area contributed by atoms with Crippen LogP contribution in [0.15, 0.2) is 18.2 Å². The molecular formula is C12H13FN2O3. The largest absolute Gasteiger partial charge is 0.316 e. The molecule has 18 heavy (non-hydrogen) atoms. The number of halogens is 1. The molecular weight excluding hydrogens is 239 g/mol. The third-order valence-electron chi connectivity index (χ3n) is 3.10. The number of ketones is 1. The van der Waals surface area contributed by atoms with Crippen LogP contribution in [0.2, 0.25) is 0 Å². The van der Waals surface area contributed by atoms with Crippen LogP contribution in [0.4, 0.5) is 10.1 Å². The molecule has 0 aliphatic carbocycles. The lowest BCUT2D eigenvalue weighted by atomic mass is 9.91. The van der Waals surface area contributed by atoms with Gasteiger partial charge in [-0.3, -0.25) is 14.9 Å². The molecule has 1 heterocycles. The van der Waals surface area contributed by atoms with Crippen LogP contribution >= 0.6 is 0 Å². The Morgan fingerprint density at radius 1 is 1.50 bits per heavy atom. The fourth-order valence-corrected chi connectivity index (χ4v) is 2.12. The van der Waals surface area contributed by atoms with Gasteiger partial charge in [0, 0.05) is 24.1 Å². The monoisotopic (exact) mass is 252 g/mol. The Labute approximate surface area is 103 Å². The summed E-state index contributed by atoms with van der Waals surface area (Å²) in [4.78, 5) is 21.9. The average molecular weight is 252 g/mol. The average Bonchev–Trinajstić information content (AvgIpc) is 2.39. The van der Waals surface area contributed by atoms with Crippen molar-refractivity contribution in [1.82, 2.24) is 5.32 Å². The summed E-state index contributed by atoms with van der Waals surface area (Å²) in [5.41, 5.74) is -0.443. The minimum atomic E-state index is -0.918. The summed E-state index contributed by atoms with van der Waals surface area (Å²) in [6.07, 6.45) is 1.66. The number of carbonyl (C=O) groups is 1. The number of nitro groups is 1. The zero-order valence-corrected chi connectivity index (χ0v) is 9.69. The van der Waals surface area contributed by atoms with Crippen molar-refractivity contribution in [2.75, 3.05) is 13.1 Å². The summed E-state index contributed by atoms with van der Waals surface area (Å²) < 4.78 is 13.2. The molecule has 1 saturated heterocycles. The van der Waals surface area contributed by atoms with Gasteiger partial charge < -0.3 is 5.32 Å². The minimum absolute atomic E-state index is 0.162. The fraction of sp³-hybridized carbons (Fsp3) is 0.417. The Morgan fingerprint density at radius 3 is 2.89 bits per heavy atom. The first-order chi connectivity index (χ1) is 8.59. The highest BCUT2D eigenvalue weighted by atomic mass is 19.1. The van der Waals surface area contributed by atoms with E-state index in [1.165, 1.54) is 6.07 Å². The van der Waals surface area contributed by atoms with E-state index >= 15 is 0 Å². The van der Waals surface area contributed by atoms with E-state index < -0.39 is 16.4 Å². The van der Waals surface area contributed by atoms with Gasteiger partial charge in [-0.05, 0) is 31.5 Å². The number of carbonyl (C=O) groups excluding carboxylic acids is 1. The van der Waals surface area contributed by atoms with E-state index in [9.17, 15) is 19.3 Å². The van der Waals surface area contributed by atoms with Crippen LogP contribution in [-0.2, 0) is 0 Å². The lowest BCUT2D eigenvalue weighted by molar-refractivity contribution is -0.387. The summed E-state index contributed by atoms with van der Waals surface area (Å²) in [6, 6.07) is 3.30. The predicted octanol–water partition coefficient (Wildman–Crippen LogP) is 1.92. The standard InChI is InChI=1S/C12H13FN2O3/c13-10-4-3-8(6-11(10)15(17)18)12(16)9-2-1-5-14-7-9/h3-4,6,9,14H,1-2,5,7H2. The zero-order chi connectivity index (χ0) is 13.1. The van der Waals surface area contributed by atoms with Crippen LogP contribution in [0.1, 0.15) is 23.2 Å². The lowest BCUT2D eigenvalue weighted by Crippen LogP contribution is -2.34. The third-order valence-corrected chi connectivity index (χ3v) is 3.10. The smallest absolute Gasteiger partial charge is 0.305 e. The molecule has 1 unspecified atom stereocenters. The Kier molecular flexibility index (Phi) is 3.66. The Bertz CT molecular complexity index is 484. The van der Waals surface area contributed by atoms with Crippen LogP contribution in [-0.4, -0.2) is 23.8 Å². The van der Waals surface area contributed by atoms with Crippen LogP contribution in [0.3, 0.4) is 0 Å². The molecule has 1 fully saturated rings. The van der Waals surface area contributed by atoms with Crippen molar-refractivity contribution in [2.24, 2.45) is 5.92 Å². The van der Waals surface area contributed by atoms with E-state index in [-0.39, 0.29) is 17.3 Å². The van der Waals surface area contributed by atoms with Crippen LogP contribution in [0.25, 0.3) is 0 Å². The van der Waals surface area contributed by atoms with Crippen molar-refractivity contribution < 1.29 is 14.1 Å². The van der Waals surface area contributed by atoms with Gasteiger partial charge in [-0.25, -0.2) is 0 Å². The maximum atomic E-state index is 13.2. The second-order valence-corrected chi connectivity index (χ2v) is 4.33. The van der Waals surface area contributed by atoms with Gasteiger partial charge in [-0.1, -0.05) is 0 Å². The molecule has 2 rings (SSSR count). The number of nitrogens with one attached hydrogen (secondary N) is 1. The van der Waals surface area contributed by atoms with E-state index in [4.69, 9.17) is 0 Å². The SMILES string of the molecule is O=C(c1ccc(F)c([N+](=O)[O-])c1)C1CCCNC1. The summed E-state index contributed by atoms with van der Waals surface area (Å²) >= 11 is 0. The van der Waals surface area contributed by atoms with Crippen molar-refractivity contribution in [1.29, 1.82) is 0 Å². The maximum absolute atomic E-state index is 13.2. The van der Waals surface area contributed by atoms with Gasteiger partial charge >= 0.3 is 5.69 Å². The molecule has 1 aromatic rings. The molecule has 6 heteroatoms. The summed E-state index contributed by atoms with van der Waals surface area (Å²) in [7, 11) is 0. The molecule has 1 aliphatic rings. The molecule has 0 saturated carbocycles. The van der Waals surface area contributed by atoms with E-state index in [0.717, 1.165) is 31.5 Å². The number of nitrogens with zero attached hydrogens (tertiary/aromatic N) is 1. The molecule has 1 aliphatic heterocycles. The predicted molar refractivity (Wildman–Crippen MR) is 63.0 cm³/mol. The van der Waals surface area contributed by atoms with Gasteiger partial charge in [0.25, 0.3) is 0 Å². The summed E-state index contributed by atoms with van der Waals surface area (Å²) in [5.74, 6) is -1.26. The Balaban J connectivity index is 2.24. The molecule has 0 radical (unpaired) electrons. The minimum Gasteiger partial charge on any atom is -0.316 e. The zero-order valence-electron chi connectivity index (χ0n) is 9.69. The quantitative estimate of drug-likeness (QED) is 0.506. The highest BCUT2D eigenvalue weighted by Crippen LogP contribution is 2.22. The van der Waals surface area contributed by atoms with Gasteiger partial charge in [0.15, 0.2) is 5.78 Å². The first kappa shape index (κ1) is 12.6. The van der Waals surface area contributed by atoms with Crippen LogP contribution in [0, 0.1) is 21.8 Å². The second kappa shape index (κ2) is 5.22. The number of rotatable bonds is 3. The van der Waals surface area contributed by atoms with Crippen molar-refractivity contribution in [2.45, 2.75) is 12.8 Å². The highest BCUT2D eigenvalue weighted by Gasteiger charge is 2.24. The van der Waals surface area contributed by atoms with E-state index in [2.05, 4.69) is 5.32 Å². The number of Topliss-reactive ketones (excluding diaryl/α,β-unsaturated/α-hetero) is 1. The molecule has 1 atom stereocenters. The Hall–Kier alpha value is -1.82. The van der Waals surface area contributed by atoms with Gasteiger partial charge in [0.2, 0.25) is 5.82 Å². The normalized spacial score (nSPS) is 19.5. The van der Waals surface area contributed by atoms with Gasteiger partial charge in [0.1, 0.15) is 0 Å². The summed E-state index contributed by atoms with van der Waals surface area (Å²) in [5, 5.41) is 13.7. The second-order valence-electron chi connectivity index (χ2n) is 4.33. The molecule has 1 N–H and O–H groups in total. The summed E-state index contributed by atoms with van der Waals surface area (Å²) in [6.45, 7) is 1.46. The van der Waals surface area contributed by atoms with Crippen LogP contribution in [0.5, 0.6) is 0 Å². The molecule has 0 spiro atoms. The molecule has 0 amide bonds. The van der Waals surface area contributed by atoms with Crippen molar-refractivity contribution >= 4 is 11.5 Å². The first-order valence-corrected chi connectivity index (χ1v) is 5.78. The topological polar surface area (TPSA) is 72.2 Å². The van der Waals surface area contributed by atoms with Crippen LogP contribution < -0.4 is 5.32 Å². The highest BCUT2D eigenvalue weighted by molar-refractivity contribution is 5.98. The number of piperidine rings is 1. The maximum Gasteiger partial charge on any atom is 0.305 e. The number of hydrogen-bond acceptors (Lipinski definition) is 4. The van der Waals surface area contributed by atoms with Crippen molar-refractivity contribution in [3.8, 4) is 0 Å². The number of hydrogen-bond donors (Lipinski definition) is 1. The van der Waals surface area contributed by atoms with Gasteiger partial charge in [-0.15, -0.1) is 0 Å². The Morgan fingerprint density at radius 2 is 2.28 bits per heavy atom. The number of benzene rings is 1. The van der Waals surface area contributed by atoms with Gasteiger partial charge in [-0.2, -0.15) is 4.39 Å². The molecule has 5 nitrogen and oxygen atoms in total. The number of nitro benzene ring substituents is 1. The third kappa shape index (κ3) is 2.53.